The molecule has 2 heterocycles. The van der Waals surface area contributed by atoms with Crippen molar-refractivity contribution in [1.82, 2.24) is 4.98 Å². The van der Waals surface area contributed by atoms with Crippen LogP contribution < -0.4 is 10.6 Å². The fraction of sp³-hybridized carbons (Fsp3) is 0.688. The summed E-state index contributed by atoms with van der Waals surface area (Å²) in [6.45, 7) is 6.43. The maximum atomic E-state index is 6.68. The number of rotatable bonds is 2. The van der Waals surface area contributed by atoms with E-state index < -0.39 is 0 Å². The topological polar surface area (TPSA) is 42.1 Å². The fourth-order valence-electron chi connectivity index (χ4n) is 3.83. The van der Waals surface area contributed by atoms with E-state index in [1.165, 1.54) is 25.7 Å². The molecule has 1 unspecified atom stereocenters. The van der Waals surface area contributed by atoms with Crippen LogP contribution in [-0.4, -0.2) is 23.6 Å². The number of pyridine rings is 1. The molecular weight excluding hydrogens is 234 g/mol. The van der Waals surface area contributed by atoms with Crippen molar-refractivity contribution in [3.8, 4) is 0 Å². The Balaban J connectivity index is 1.78. The first kappa shape index (κ1) is 12.9. The van der Waals surface area contributed by atoms with Crippen LogP contribution in [0.1, 0.15) is 38.3 Å². The average Bonchev–Trinajstić information content (AvgIpc) is 2.75. The first-order valence-electron chi connectivity index (χ1n) is 7.58. The van der Waals surface area contributed by atoms with Gasteiger partial charge in [0.1, 0.15) is 5.82 Å². The van der Waals surface area contributed by atoms with E-state index in [2.05, 4.69) is 41.9 Å². The second-order valence-corrected chi connectivity index (χ2v) is 6.50. The summed E-state index contributed by atoms with van der Waals surface area (Å²) >= 11 is 0. The van der Waals surface area contributed by atoms with Crippen molar-refractivity contribution < 1.29 is 0 Å². The van der Waals surface area contributed by atoms with Crippen LogP contribution >= 0.6 is 0 Å². The van der Waals surface area contributed by atoms with E-state index in [0.29, 0.717) is 5.92 Å². The summed E-state index contributed by atoms with van der Waals surface area (Å²) < 4.78 is 0. The third-order valence-corrected chi connectivity index (χ3v) is 5.15. The molecule has 0 spiro atoms. The Labute approximate surface area is 116 Å². The molecule has 1 saturated heterocycles. The van der Waals surface area contributed by atoms with Crippen LogP contribution in [0.5, 0.6) is 0 Å². The molecule has 1 aliphatic carbocycles. The molecule has 19 heavy (non-hydrogen) atoms. The zero-order valence-electron chi connectivity index (χ0n) is 12.1. The molecule has 2 fully saturated rings. The number of aromatic nitrogens is 1. The Kier molecular flexibility index (Phi) is 3.25. The van der Waals surface area contributed by atoms with E-state index in [1.54, 1.807) is 0 Å². The standard InChI is InChI=1S/C16H25N3/c1-3-13-7-8-16(17)11-19(10-14(16)9-13)15-6-4-5-12(2)18-15/h4-6,13-14H,3,7-11,17H2,1-2H3/t13?,14-,16-/m1/s1. The van der Waals surface area contributed by atoms with Gasteiger partial charge in [0, 0.05) is 24.3 Å². The molecule has 2 aliphatic rings. The third kappa shape index (κ3) is 2.36. The van der Waals surface area contributed by atoms with Gasteiger partial charge in [0.25, 0.3) is 0 Å². The van der Waals surface area contributed by atoms with Crippen molar-refractivity contribution in [2.24, 2.45) is 17.6 Å². The largest absolute Gasteiger partial charge is 0.354 e. The van der Waals surface area contributed by atoms with Crippen molar-refractivity contribution in [1.29, 1.82) is 0 Å². The minimum Gasteiger partial charge on any atom is -0.354 e. The molecule has 3 rings (SSSR count). The summed E-state index contributed by atoms with van der Waals surface area (Å²) in [5.74, 6) is 2.63. The van der Waals surface area contributed by atoms with E-state index in [4.69, 9.17) is 5.73 Å². The van der Waals surface area contributed by atoms with E-state index in [-0.39, 0.29) is 5.54 Å². The predicted octanol–water partition coefficient (Wildman–Crippen LogP) is 2.73. The van der Waals surface area contributed by atoms with Crippen LogP contribution in [-0.2, 0) is 0 Å². The fourth-order valence-corrected chi connectivity index (χ4v) is 3.83. The molecule has 3 nitrogen and oxygen atoms in total. The number of fused-ring (bicyclic) bond motifs is 1. The zero-order chi connectivity index (χ0) is 13.5. The summed E-state index contributed by atoms with van der Waals surface area (Å²) in [5, 5.41) is 0. The van der Waals surface area contributed by atoms with Gasteiger partial charge in [0.2, 0.25) is 0 Å². The molecule has 1 aromatic heterocycles. The predicted molar refractivity (Wildman–Crippen MR) is 79.2 cm³/mol. The molecular formula is C16H25N3. The first-order valence-corrected chi connectivity index (χ1v) is 7.58. The monoisotopic (exact) mass is 259 g/mol. The second kappa shape index (κ2) is 4.78. The van der Waals surface area contributed by atoms with Crippen LogP contribution in [0.25, 0.3) is 0 Å². The summed E-state index contributed by atoms with van der Waals surface area (Å²) in [7, 11) is 0. The van der Waals surface area contributed by atoms with Crippen molar-refractivity contribution in [3.05, 3.63) is 23.9 Å². The van der Waals surface area contributed by atoms with Crippen LogP contribution in [0.2, 0.25) is 0 Å². The molecule has 0 amide bonds. The third-order valence-electron chi connectivity index (χ3n) is 5.15. The lowest BCUT2D eigenvalue weighted by atomic mass is 9.70. The second-order valence-electron chi connectivity index (χ2n) is 6.50. The van der Waals surface area contributed by atoms with Gasteiger partial charge in [-0.15, -0.1) is 0 Å². The highest BCUT2D eigenvalue weighted by Crippen LogP contribution is 2.42. The zero-order valence-corrected chi connectivity index (χ0v) is 12.1. The molecule has 3 heteroatoms. The average molecular weight is 259 g/mol. The Bertz CT molecular complexity index is 459. The molecule has 2 N–H and O–H groups in total. The molecule has 1 saturated carbocycles. The maximum absolute atomic E-state index is 6.68. The first-order chi connectivity index (χ1) is 9.10. The Morgan fingerprint density at radius 1 is 1.47 bits per heavy atom. The highest BCUT2D eigenvalue weighted by molar-refractivity contribution is 5.42. The van der Waals surface area contributed by atoms with Gasteiger partial charge < -0.3 is 10.6 Å². The van der Waals surface area contributed by atoms with Crippen LogP contribution in [0.4, 0.5) is 5.82 Å². The lowest BCUT2D eigenvalue weighted by Gasteiger charge is -2.38. The van der Waals surface area contributed by atoms with Gasteiger partial charge in [-0.25, -0.2) is 4.98 Å². The van der Waals surface area contributed by atoms with Crippen molar-refractivity contribution in [3.63, 3.8) is 0 Å². The van der Waals surface area contributed by atoms with Gasteiger partial charge in [0.05, 0.1) is 0 Å². The molecule has 1 aliphatic heterocycles. The van der Waals surface area contributed by atoms with Gasteiger partial charge >= 0.3 is 0 Å². The Hall–Kier alpha value is -1.09. The highest BCUT2D eigenvalue weighted by Gasteiger charge is 2.47. The van der Waals surface area contributed by atoms with Crippen LogP contribution in [0.3, 0.4) is 0 Å². The Morgan fingerprint density at radius 3 is 3.05 bits per heavy atom. The van der Waals surface area contributed by atoms with E-state index >= 15 is 0 Å². The van der Waals surface area contributed by atoms with Crippen LogP contribution in [0, 0.1) is 18.8 Å². The quantitative estimate of drug-likeness (QED) is 0.888. The molecule has 0 radical (unpaired) electrons. The smallest absolute Gasteiger partial charge is 0.128 e. The SMILES string of the molecule is CCC1CC[C@@]2(N)CN(c3cccc(C)n3)C[C@H]2C1. The summed E-state index contributed by atoms with van der Waals surface area (Å²) in [4.78, 5) is 7.05. The minimum absolute atomic E-state index is 0.0249. The van der Waals surface area contributed by atoms with Gasteiger partial charge in [0.15, 0.2) is 0 Å². The van der Waals surface area contributed by atoms with E-state index in [0.717, 1.165) is 30.5 Å². The van der Waals surface area contributed by atoms with Gasteiger partial charge in [-0.1, -0.05) is 19.4 Å². The van der Waals surface area contributed by atoms with E-state index in [9.17, 15) is 0 Å². The van der Waals surface area contributed by atoms with Gasteiger partial charge in [-0.05, 0) is 50.2 Å². The van der Waals surface area contributed by atoms with Crippen molar-refractivity contribution >= 4 is 5.82 Å². The molecule has 0 aromatic carbocycles. The molecule has 3 atom stereocenters. The lowest BCUT2D eigenvalue weighted by Crippen LogP contribution is -2.50. The molecule has 0 bridgehead atoms. The summed E-state index contributed by atoms with van der Waals surface area (Å²) in [5.41, 5.74) is 7.79. The van der Waals surface area contributed by atoms with Crippen LogP contribution in [0.15, 0.2) is 18.2 Å². The summed E-state index contributed by atoms with van der Waals surface area (Å²) in [6, 6.07) is 6.26. The number of aryl methyl sites for hydroxylation is 1. The number of nitrogens with zero attached hydrogens (tertiary/aromatic N) is 2. The molecule has 1 aromatic rings. The van der Waals surface area contributed by atoms with Gasteiger partial charge in [-0.3, -0.25) is 0 Å². The minimum atomic E-state index is 0.0249. The van der Waals surface area contributed by atoms with E-state index in [1.807, 2.05) is 0 Å². The number of anilines is 1. The Morgan fingerprint density at radius 2 is 2.32 bits per heavy atom. The highest BCUT2D eigenvalue weighted by atomic mass is 15.2. The number of nitrogens with two attached hydrogens (primary N) is 1. The normalized spacial score (nSPS) is 34.4. The number of hydrogen-bond acceptors (Lipinski definition) is 3. The lowest BCUT2D eigenvalue weighted by molar-refractivity contribution is 0.185. The number of hydrogen-bond donors (Lipinski definition) is 1. The summed E-state index contributed by atoms with van der Waals surface area (Å²) in [6.07, 6.45) is 5.08. The van der Waals surface area contributed by atoms with Crippen molar-refractivity contribution in [2.75, 3.05) is 18.0 Å². The van der Waals surface area contributed by atoms with Crippen molar-refractivity contribution in [2.45, 2.75) is 45.1 Å². The molecule has 104 valence electrons. The van der Waals surface area contributed by atoms with Gasteiger partial charge in [-0.2, -0.15) is 0 Å². The maximum Gasteiger partial charge on any atom is 0.128 e.